The number of aromatic nitrogens is 5. The van der Waals surface area contributed by atoms with E-state index < -0.39 is 76.6 Å². The topological polar surface area (TPSA) is 277 Å². The van der Waals surface area contributed by atoms with E-state index in [4.69, 9.17) is 26.9 Å². The minimum Gasteiger partial charge on any atom is -0.504 e. The number of nitrogens with two attached hydrogens (primary N) is 1. The summed E-state index contributed by atoms with van der Waals surface area (Å²) in [7, 11) is 0. The molecule has 3 aliphatic heterocycles. The number of esters is 1. The van der Waals surface area contributed by atoms with Crippen molar-refractivity contribution in [2.24, 2.45) is 5.16 Å². The second-order valence-corrected chi connectivity index (χ2v) is 16.5. The second-order valence-electron chi connectivity index (χ2n) is 13.7. The van der Waals surface area contributed by atoms with Crippen LogP contribution in [0.2, 0.25) is 4.34 Å². The molecule has 2 aromatic heterocycles. The maximum Gasteiger partial charge on any atom is 0.302 e. The number of oxime groups is 1. The van der Waals surface area contributed by atoms with Crippen molar-refractivity contribution in [1.82, 2.24) is 41.1 Å². The van der Waals surface area contributed by atoms with Gasteiger partial charge in [-0.1, -0.05) is 48.9 Å². The van der Waals surface area contributed by atoms with Crippen LogP contribution < -0.4 is 16.4 Å². The molecule has 2 saturated heterocycles. The van der Waals surface area contributed by atoms with Gasteiger partial charge < -0.3 is 40.6 Å². The lowest BCUT2D eigenvalue weighted by Gasteiger charge is -2.50. The molecule has 0 aliphatic carbocycles. The minimum absolute atomic E-state index is 0.000858. The fraction of sp³-hybridized carbons (Fsp3) is 0.500. The van der Waals surface area contributed by atoms with Gasteiger partial charge in [0.25, 0.3) is 17.7 Å². The van der Waals surface area contributed by atoms with Crippen molar-refractivity contribution in [3.63, 3.8) is 0 Å². The number of rotatable bonds is 17. The first-order valence-corrected chi connectivity index (χ1v) is 21.3. The van der Waals surface area contributed by atoms with Gasteiger partial charge in [0.1, 0.15) is 34.6 Å². The summed E-state index contributed by atoms with van der Waals surface area (Å²) in [5, 5.41) is 42.6. The number of ketones is 1. The Labute approximate surface area is 356 Å². The standard InChI is InChI=1S/C34H39ClFN11O9S2.C2H6/c1-3-6-20(49)22(14-55-16(2)48)56-43-24(23-28(35)58-34(37)40-23)31(53)39-25-32(54)46-26(29-41-44-45-42-29)18(15-57-33(25)46)13-47(8-4-5-9-47)10-7-38-30(52)17-11-19(36)27(51)21(50)12-17;1-2/h11-12,22,25,33H,3-10,13-15H2,1-2H3,(H6-,37,38,39,40,41,42,43,44,45,50,51,52,53);1-2H3/p+1/t22-,25+,33+;/m0./s1. The quantitative estimate of drug-likeness (QED) is 0.0283. The number of phenols is 2. The third-order valence-electron chi connectivity index (χ3n) is 9.72. The maximum atomic E-state index is 14.0. The monoisotopic (exact) mass is 894 g/mol. The molecule has 0 saturated carbocycles. The molecule has 6 rings (SSSR count). The van der Waals surface area contributed by atoms with Crippen LogP contribution in [0.5, 0.6) is 11.5 Å². The summed E-state index contributed by atoms with van der Waals surface area (Å²) in [4.78, 5) is 76.1. The van der Waals surface area contributed by atoms with Crippen LogP contribution >= 0.6 is 34.7 Å². The van der Waals surface area contributed by atoms with Crippen LogP contribution in [0.15, 0.2) is 22.9 Å². The molecule has 24 heteroatoms. The molecule has 0 unspecified atom stereocenters. The number of hydrogen-bond donors (Lipinski definition) is 6. The Morgan fingerprint density at radius 2 is 1.95 bits per heavy atom. The summed E-state index contributed by atoms with van der Waals surface area (Å²) in [6.07, 6.45) is 1.06. The molecule has 324 valence electrons. The molecule has 20 nitrogen and oxygen atoms in total. The number of carbonyl (C=O) groups excluding carboxylic acids is 5. The Morgan fingerprint density at radius 3 is 2.57 bits per heavy atom. The number of aromatic amines is 1. The predicted molar refractivity (Wildman–Crippen MR) is 218 cm³/mol. The van der Waals surface area contributed by atoms with E-state index in [9.17, 15) is 38.6 Å². The molecule has 3 atom stereocenters. The Balaban J connectivity index is 0.00000336. The van der Waals surface area contributed by atoms with Crippen LogP contribution in [-0.4, -0.2) is 143 Å². The summed E-state index contributed by atoms with van der Waals surface area (Å²) >= 11 is 8.64. The van der Waals surface area contributed by atoms with E-state index in [1.807, 2.05) is 13.8 Å². The summed E-state index contributed by atoms with van der Waals surface area (Å²) in [6.45, 7) is 9.20. The highest BCUT2D eigenvalue weighted by Gasteiger charge is 2.55. The van der Waals surface area contributed by atoms with Gasteiger partial charge in [-0.15, -0.1) is 22.0 Å². The average molecular weight is 895 g/mol. The Hall–Kier alpha value is -5.39. The number of β-lactam (4-membered cyclic amide) rings is 1. The van der Waals surface area contributed by atoms with Crippen molar-refractivity contribution < 1.29 is 52.6 Å². The number of benzene rings is 1. The number of amides is 3. The minimum atomic E-state index is -1.34. The molecule has 7 N–H and O–H groups in total. The van der Waals surface area contributed by atoms with E-state index in [1.165, 1.54) is 23.6 Å². The number of halogens is 2. The highest BCUT2D eigenvalue weighted by atomic mass is 35.5. The number of thioether (sulfide) groups is 1. The van der Waals surface area contributed by atoms with Crippen molar-refractivity contribution in [3.05, 3.63) is 44.9 Å². The molecule has 2 fully saturated rings. The second kappa shape index (κ2) is 20.2. The lowest BCUT2D eigenvalue weighted by molar-refractivity contribution is -0.911. The van der Waals surface area contributed by atoms with Gasteiger partial charge in [0, 0.05) is 43.1 Å². The van der Waals surface area contributed by atoms with E-state index in [1.54, 1.807) is 6.92 Å². The fourth-order valence-corrected chi connectivity index (χ4v) is 9.20. The number of phenolic OH excluding ortho intramolecular Hbond substituents is 2. The largest absolute Gasteiger partial charge is 0.504 e. The normalized spacial score (nSPS) is 18.7. The third kappa shape index (κ3) is 10.3. The molecule has 0 radical (unpaired) electrons. The summed E-state index contributed by atoms with van der Waals surface area (Å²) in [5.41, 5.74) is 6.39. The van der Waals surface area contributed by atoms with Gasteiger partial charge in [0.2, 0.25) is 11.9 Å². The van der Waals surface area contributed by atoms with Crippen molar-refractivity contribution >= 4 is 80.7 Å². The number of nitrogens with zero attached hydrogens (tertiary/aromatic N) is 7. The number of tetrazole rings is 1. The number of carbonyl (C=O) groups is 5. The Bertz CT molecular complexity index is 2120. The molecule has 0 bridgehead atoms. The van der Waals surface area contributed by atoms with Crippen LogP contribution in [0, 0.1) is 5.82 Å². The first-order valence-electron chi connectivity index (χ1n) is 19.1. The van der Waals surface area contributed by atoms with Gasteiger partial charge >= 0.3 is 5.97 Å². The molecule has 5 heterocycles. The maximum absolute atomic E-state index is 14.0. The third-order valence-corrected chi connectivity index (χ3v) is 12.1. The van der Waals surface area contributed by atoms with Crippen molar-refractivity contribution in [3.8, 4) is 11.5 Å². The van der Waals surface area contributed by atoms with Crippen molar-refractivity contribution in [2.45, 2.75) is 70.9 Å². The molecule has 3 aliphatic rings. The Kier molecular flexibility index (Phi) is 15.4. The Morgan fingerprint density at radius 1 is 1.22 bits per heavy atom. The van der Waals surface area contributed by atoms with E-state index in [2.05, 4.69) is 41.4 Å². The van der Waals surface area contributed by atoms with E-state index in [-0.39, 0.29) is 39.5 Å². The number of fused-ring (bicyclic) bond motifs is 1. The van der Waals surface area contributed by atoms with Crippen LogP contribution in [0.4, 0.5) is 9.52 Å². The molecule has 3 amide bonds. The number of aromatic hydroxyl groups is 2. The highest BCUT2D eigenvalue weighted by molar-refractivity contribution is 8.00. The number of Topliss-reactive ketones (excluding diaryl/α,β-unsaturated/α-hetero) is 1. The fourth-order valence-electron chi connectivity index (χ4n) is 6.94. The summed E-state index contributed by atoms with van der Waals surface area (Å²) in [5.74, 6) is -5.30. The molecule has 0 spiro atoms. The zero-order valence-electron chi connectivity index (χ0n) is 33.2. The van der Waals surface area contributed by atoms with Crippen molar-refractivity contribution in [2.75, 3.05) is 50.8 Å². The molecular formula is C36H46ClFN11O9S2+. The number of thiazole rings is 1. The number of likely N-dealkylation sites (tertiary alicyclic amines) is 1. The van der Waals surface area contributed by atoms with Crippen LogP contribution in [-0.2, 0) is 28.8 Å². The smallest absolute Gasteiger partial charge is 0.302 e. The lowest BCUT2D eigenvalue weighted by atomic mass is 10.0. The molecular weight excluding hydrogens is 849 g/mol. The number of H-pyrrole nitrogens is 1. The number of hydrogen-bond acceptors (Lipinski definition) is 17. The molecule has 3 aromatic rings. The number of ether oxygens (including phenoxy) is 1. The number of anilines is 1. The van der Waals surface area contributed by atoms with E-state index in [0.717, 1.165) is 55.0 Å². The van der Waals surface area contributed by atoms with E-state index in [0.29, 0.717) is 35.4 Å². The van der Waals surface area contributed by atoms with Gasteiger partial charge in [-0.3, -0.25) is 28.9 Å². The zero-order valence-corrected chi connectivity index (χ0v) is 35.6. The zero-order chi connectivity index (χ0) is 43.7. The van der Waals surface area contributed by atoms with Crippen LogP contribution in [0.25, 0.3) is 5.70 Å². The van der Waals surface area contributed by atoms with Gasteiger partial charge in [0.15, 0.2) is 33.9 Å². The van der Waals surface area contributed by atoms with Crippen molar-refractivity contribution in [1.29, 1.82) is 0 Å². The van der Waals surface area contributed by atoms with Gasteiger partial charge in [-0.25, -0.2) is 9.37 Å². The average Bonchev–Trinajstić information content (AvgIpc) is 4.00. The van der Waals surface area contributed by atoms with Gasteiger partial charge in [-0.2, -0.15) is 5.21 Å². The number of quaternary nitrogens is 1. The van der Waals surface area contributed by atoms with E-state index >= 15 is 0 Å². The number of nitrogens with one attached hydrogen (secondary N) is 3. The predicted octanol–water partition coefficient (Wildman–Crippen LogP) is 2.34. The first kappa shape index (κ1) is 45.7. The first-order chi connectivity index (χ1) is 28.7. The van der Waals surface area contributed by atoms with Gasteiger partial charge in [-0.05, 0) is 23.8 Å². The van der Waals surface area contributed by atoms with Crippen LogP contribution in [0.3, 0.4) is 0 Å². The summed E-state index contributed by atoms with van der Waals surface area (Å²) < 4.78 is 19.5. The highest BCUT2D eigenvalue weighted by Crippen LogP contribution is 2.44. The number of nitrogen functional groups attached to an aromatic ring is 1. The lowest BCUT2D eigenvalue weighted by Crippen LogP contribution is -2.70. The van der Waals surface area contributed by atoms with Crippen LogP contribution in [0.1, 0.15) is 75.3 Å². The SMILES string of the molecule is CC.CCCC(=O)[C@H](COC(C)=O)O/N=C(\C(=O)N[C@@H]1C(=O)N2C(c3nn[nH]n3)=C(C[N+]3(CCNC(=O)c4cc(O)c(O)c(F)c4)CCCC3)CS[C@H]12)c1nc(N)sc1Cl. The molecule has 60 heavy (non-hydrogen) atoms. The summed E-state index contributed by atoms with van der Waals surface area (Å²) in [6, 6.07) is 0.763. The molecule has 1 aromatic carbocycles. The van der Waals surface area contributed by atoms with Gasteiger partial charge in [0.05, 0.1) is 31.9 Å².